The van der Waals surface area contributed by atoms with Gasteiger partial charge in [-0.25, -0.2) is 0 Å². The van der Waals surface area contributed by atoms with Crippen molar-refractivity contribution >= 4 is 17.5 Å². The van der Waals surface area contributed by atoms with Crippen LogP contribution in [0.15, 0.2) is 24.3 Å². The van der Waals surface area contributed by atoms with Crippen LogP contribution in [0.1, 0.15) is 44.1 Å². The van der Waals surface area contributed by atoms with E-state index in [2.05, 4.69) is 17.4 Å². The summed E-state index contributed by atoms with van der Waals surface area (Å²) in [4.78, 5) is 14.4. The average molecular weight is 349 g/mol. The molecule has 1 saturated carbocycles. The number of piperidine rings is 1. The monoisotopic (exact) mass is 348 g/mol. The van der Waals surface area contributed by atoms with E-state index in [1.54, 1.807) is 0 Å². The summed E-state index contributed by atoms with van der Waals surface area (Å²) in [6.45, 7) is 2.41. The van der Waals surface area contributed by atoms with Gasteiger partial charge in [0.1, 0.15) is 6.10 Å². The van der Waals surface area contributed by atoms with E-state index < -0.39 is 0 Å². The molecule has 1 atom stereocenters. The number of rotatable bonds is 4. The van der Waals surface area contributed by atoms with Gasteiger partial charge in [0, 0.05) is 36.3 Å². The number of carbonyl (C=O) groups excluding carboxylic acids is 1. The molecule has 130 valence electrons. The maximum absolute atomic E-state index is 12.4. The fourth-order valence-corrected chi connectivity index (χ4v) is 4.15. The van der Waals surface area contributed by atoms with Crippen molar-refractivity contribution in [2.75, 3.05) is 19.7 Å². The summed E-state index contributed by atoms with van der Waals surface area (Å²) >= 11 is 6.01. The van der Waals surface area contributed by atoms with E-state index in [4.69, 9.17) is 16.3 Å². The van der Waals surface area contributed by atoms with E-state index in [-0.39, 0.29) is 17.6 Å². The van der Waals surface area contributed by atoms with Crippen molar-refractivity contribution in [3.8, 4) is 0 Å². The molecule has 0 radical (unpaired) electrons. The summed E-state index contributed by atoms with van der Waals surface area (Å²) in [7, 11) is 0. The number of amides is 1. The highest BCUT2D eigenvalue weighted by molar-refractivity contribution is 6.30. The fourth-order valence-electron chi connectivity index (χ4n) is 4.02. The van der Waals surface area contributed by atoms with E-state index in [9.17, 15) is 4.79 Å². The third kappa shape index (κ3) is 3.32. The number of hydrogen-bond donors (Lipinski definition) is 1. The van der Waals surface area contributed by atoms with Crippen LogP contribution < -0.4 is 5.32 Å². The molecule has 0 spiro atoms. The first-order valence-electron chi connectivity index (χ1n) is 9.10. The fraction of sp³-hybridized carbons (Fsp3) is 0.632. The Hall–Kier alpha value is -1.10. The second kappa shape index (κ2) is 6.66. The van der Waals surface area contributed by atoms with Gasteiger partial charge in [0.05, 0.1) is 0 Å². The second-order valence-corrected chi connectivity index (χ2v) is 7.77. The summed E-state index contributed by atoms with van der Waals surface area (Å²) in [6, 6.07) is 8.71. The van der Waals surface area contributed by atoms with Gasteiger partial charge in [-0.2, -0.15) is 0 Å². The van der Waals surface area contributed by atoms with Crippen LogP contribution >= 0.6 is 11.6 Å². The predicted octanol–water partition coefficient (Wildman–Crippen LogP) is 3.09. The van der Waals surface area contributed by atoms with E-state index in [0.717, 1.165) is 50.4 Å². The zero-order valence-corrected chi connectivity index (χ0v) is 14.7. The lowest BCUT2D eigenvalue weighted by Gasteiger charge is -2.36. The molecule has 4 rings (SSSR count). The third-order valence-corrected chi connectivity index (χ3v) is 5.89. The number of halogens is 1. The largest absolute Gasteiger partial charge is 0.368 e. The highest BCUT2D eigenvalue weighted by Crippen LogP contribution is 2.46. The van der Waals surface area contributed by atoms with Crippen LogP contribution in [0.25, 0.3) is 0 Å². The number of ether oxygens (including phenoxy) is 1. The molecule has 0 unspecified atom stereocenters. The lowest BCUT2D eigenvalue weighted by Crippen LogP contribution is -2.50. The molecule has 1 aromatic carbocycles. The molecule has 3 aliphatic rings. The summed E-state index contributed by atoms with van der Waals surface area (Å²) in [5, 5.41) is 4.65. The minimum Gasteiger partial charge on any atom is -0.368 e. The Morgan fingerprint density at radius 1 is 1.17 bits per heavy atom. The first kappa shape index (κ1) is 16.4. The maximum atomic E-state index is 12.4. The first-order chi connectivity index (χ1) is 11.7. The molecule has 1 amide bonds. The number of hydrogen-bond acceptors (Lipinski definition) is 3. The Bertz CT molecular complexity index is 586. The zero-order valence-electron chi connectivity index (χ0n) is 14.0. The number of likely N-dealkylation sites (tertiary alicyclic amines) is 1. The minimum atomic E-state index is -0.182. The van der Waals surface area contributed by atoms with Crippen LogP contribution in [0, 0.1) is 0 Å². The molecule has 4 nitrogen and oxygen atoms in total. The maximum Gasteiger partial charge on any atom is 0.251 e. The molecule has 5 heteroatoms. The molecule has 3 fully saturated rings. The molecule has 1 aliphatic carbocycles. The van der Waals surface area contributed by atoms with Crippen LogP contribution in [0.3, 0.4) is 0 Å². The van der Waals surface area contributed by atoms with Gasteiger partial charge in [-0.1, -0.05) is 23.7 Å². The molecule has 2 aliphatic heterocycles. The van der Waals surface area contributed by atoms with Crippen molar-refractivity contribution in [1.82, 2.24) is 10.2 Å². The average Bonchev–Trinajstić information content (AvgIpc) is 3.18. The molecular weight excluding hydrogens is 324 g/mol. The summed E-state index contributed by atoms with van der Waals surface area (Å²) in [5.74, 6) is 0.199. The predicted molar refractivity (Wildman–Crippen MR) is 94.1 cm³/mol. The van der Waals surface area contributed by atoms with Gasteiger partial charge >= 0.3 is 0 Å². The lowest BCUT2D eigenvalue weighted by atomic mass is 9.99. The van der Waals surface area contributed by atoms with Gasteiger partial charge in [0.25, 0.3) is 5.91 Å². The third-order valence-electron chi connectivity index (χ3n) is 5.64. The van der Waals surface area contributed by atoms with Gasteiger partial charge in [0.2, 0.25) is 0 Å². The normalized spacial score (nSPS) is 26.5. The zero-order chi connectivity index (χ0) is 16.6. The first-order valence-corrected chi connectivity index (χ1v) is 9.48. The topological polar surface area (TPSA) is 41.6 Å². The van der Waals surface area contributed by atoms with Crippen LogP contribution in [0.5, 0.6) is 0 Å². The van der Waals surface area contributed by atoms with Crippen LogP contribution in [-0.4, -0.2) is 42.6 Å². The van der Waals surface area contributed by atoms with E-state index >= 15 is 0 Å². The van der Waals surface area contributed by atoms with E-state index in [1.165, 1.54) is 18.4 Å². The Morgan fingerprint density at radius 2 is 1.88 bits per heavy atom. The quantitative estimate of drug-likeness (QED) is 0.909. The van der Waals surface area contributed by atoms with Gasteiger partial charge in [-0.15, -0.1) is 0 Å². The molecule has 2 saturated heterocycles. The van der Waals surface area contributed by atoms with Crippen molar-refractivity contribution in [3.63, 3.8) is 0 Å². The van der Waals surface area contributed by atoms with Gasteiger partial charge in [0.15, 0.2) is 0 Å². The van der Waals surface area contributed by atoms with Crippen LogP contribution in [0.2, 0.25) is 5.02 Å². The number of benzene rings is 1. The smallest absolute Gasteiger partial charge is 0.251 e. The van der Waals surface area contributed by atoms with Crippen LogP contribution in [-0.2, 0) is 15.1 Å². The number of nitrogens with zero attached hydrogens (tertiary/aromatic N) is 1. The summed E-state index contributed by atoms with van der Waals surface area (Å²) in [5.41, 5.74) is 1.47. The standard InChI is InChI=1S/C19H25ClN2O2/c20-15-5-3-14(4-6-15)19(9-10-19)21-16-7-11-22(12-8-16)18(23)17-2-1-13-24-17/h3-6,16-17,21H,1-2,7-13H2/t17-/m1/s1. The van der Waals surface area contributed by atoms with E-state index in [1.807, 2.05) is 17.0 Å². The second-order valence-electron chi connectivity index (χ2n) is 7.33. The molecule has 0 bridgehead atoms. The van der Waals surface area contributed by atoms with Gasteiger partial charge in [-0.3, -0.25) is 4.79 Å². The Balaban J connectivity index is 1.31. The molecule has 0 aromatic heterocycles. The van der Waals surface area contributed by atoms with Crippen molar-refractivity contribution in [3.05, 3.63) is 34.9 Å². The van der Waals surface area contributed by atoms with Gasteiger partial charge in [-0.05, 0) is 56.2 Å². The molecule has 1 aromatic rings. The highest BCUT2D eigenvalue weighted by Gasteiger charge is 2.45. The molecular formula is C19H25ClN2O2. The van der Waals surface area contributed by atoms with Gasteiger partial charge < -0.3 is 15.0 Å². The molecule has 24 heavy (non-hydrogen) atoms. The number of carbonyl (C=O) groups is 1. The summed E-state index contributed by atoms with van der Waals surface area (Å²) < 4.78 is 5.54. The van der Waals surface area contributed by atoms with Crippen LogP contribution in [0.4, 0.5) is 0 Å². The van der Waals surface area contributed by atoms with Crippen molar-refractivity contribution in [1.29, 1.82) is 0 Å². The molecule has 1 N–H and O–H groups in total. The Morgan fingerprint density at radius 3 is 2.46 bits per heavy atom. The van der Waals surface area contributed by atoms with Crippen molar-refractivity contribution in [2.45, 2.75) is 56.2 Å². The lowest BCUT2D eigenvalue weighted by molar-refractivity contribution is -0.142. The van der Waals surface area contributed by atoms with Crippen molar-refractivity contribution in [2.24, 2.45) is 0 Å². The molecule has 2 heterocycles. The Kier molecular flexibility index (Phi) is 4.54. The van der Waals surface area contributed by atoms with Crippen molar-refractivity contribution < 1.29 is 9.53 Å². The highest BCUT2D eigenvalue weighted by atomic mass is 35.5. The summed E-state index contributed by atoms with van der Waals surface area (Å²) in [6.07, 6.45) is 6.13. The van der Waals surface area contributed by atoms with E-state index in [0.29, 0.717) is 6.04 Å². The Labute approximate surface area is 148 Å². The number of nitrogens with one attached hydrogen (secondary N) is 1. The SMILES string of the molecule is O=C([C@H]1CCCO1)N1CCC(NC2(c3ccc(Cl)cc3)CC2)CC1. The minimum absolute atomic E-state index is 0.135.